The maximum Gasteiger partial charge on any atom is 0.410 e. The highest BCUT2D eigenvalue weighted by Gasteiger charge is 2.55. The molecule has 2 fully saturated rings. The van der Waals surface area contributed by atoms with Crippen LogP contribution in [0.2, 0.25) is 0 Å². The summed E-state index contributed by atoms with van der Waals surface area (Å²) in [5.41, 5.74) is -0.206. The smallest absolute Gasteiger partial charge is 0.410 e. The van der Waals surface area contributed by atoms with Gasteiger partial charge in [-0.3, -0.25) is 0 Å². The van der Waals surface area contributed by atoms with Crippen LogP contribution >= 0.6 is 0 Å². The molecule has 1 saturated carbocycles. The lowest BCUT2D eigenvalue weighted by Gasteiger charge is -2.45. The van der Waals surface area contributed by atoms with Gasteiger partial charge in [0.2, 0.25) is 0 Å². The summed E-state index contributed by atoms with van der Waals surface area (Å²) in [4.78, 5) is 13.8. The number of amides is 1. The van der Waals surface area contributed by atoms with Crippen LogP contribution in [0.3, 0.4) is 0 Å². The summed E-state index contributed by atoms with van der Waals surface area (Å²) in [6, 6.07) is 0.340. The fourth-order valence-corrected chi connectivity index (χ4v) is 2.39. The average Bonchev–Trinajstić information content (AvgIpc) is 2.79. The van der Waals surface area contributed by atoms with Gasteiger partial charge in [0.15, 0.2) is 0 Å². The molecule has 0 spiro atoms. The molecule has 0 bridgehead atoms. The molecule has 0 aromatic rings. The monoisotopic (exact) mass is 226 g/mol. The molecule has 16 heavy (non-hydrogen) atoms. The van der Waals surface area contributed by atoms with Crippen molar-refractivity contribution in [2.24, 2.45) is 0 Å². The van der Waals surface area contributed by atoms with E-state index in [1.807, 2.05) is 32.7 Å². The van der Waals surface area contributed by atoms with Crippen molar-refractivity contribution < 1.29 is 9.53 Å². The van der Waals surface area contributed by atoms with Crippen LogP contribution in [-0.4, -0.2) is 41.8 Å². The Bertz CT molecular complexity index is 292. The lowest BCUT2D eigenvalue weighted by Crippen LogP contribution is -2.62. The van der Waals surface area contributed by atoms with Gasteiger partial charge in [0, 0.05) is 12.1 Å². The molecule has 2 rings (SSSR count). The molecule has 92 valence electrons. The molecule has 1 atom stereocenters. The van der Waals surface area contributed by atoms with E-state index < -0.39 is 5.60 Å². The first-order valence-corrected chi connectivity index (χ1v) is 6.06. The second-order valence-corrected chi connectivity index (χ2v) is 5.88. The minimum Gasteiger partial charge on any atom is -0.444 e. The topological polar surface area (TPSA) is 41.6 Å². The minimum absolute atomic E-state index is 0.162. The number of carbonyl (C=O) groups is 1. The van der Waals surface area contributed by atoms with E-state index in [1.54, 1.807) is 0 Å². The highest BCUT2D eigenvalue weighted by Crippen LogP contribution is 2.45. The summed E-state index contributed by atoms with van der Waals surface area (Å²) in [7, 11) is 1.98. The molecule has 1 aliphatic carbocycles. The normalized spacial score (nSPS) is 27.2. The number of likely N-dealkylation sites (tertiary alicyclic amines) is 1. The van der Waals surface area contributed by atoms with Crippen LogP contribution in [0.5, 0.6) is 0 Å². The Balaban J connectivity index is 1.94. The second-order valence-electron chi connectivity index (χ2n) is 5.88. The van der Waals surface area contributed by atoms with Gasteiger partial charge in [-0.15, -0.1) is 0 Å². The van der Waals surface area contributed by atoms with E-state index in [0.717, 1.165) is 13.0 Å². The van der Waals surface area contributed by atoms with Gasteiger partial charge in [-0.2, -0.15) is 0 Å². The number of nitrogens with one attached hydrogen (secondary N) is 1. The Labute approximate surface area is 97.3 Å². The summed E-state index contributed by atoms with van der Waals surface area (Å²) in [5.74, 6) is 0. The molecule has 1 saturated heterocycles. The molecular formula is C12H22N2O2. The van der Waals surface area contributed by atoms with Crippen molar-refractivity contribution in [2.45, 2.75) is 57.2 Å². The standard InChI is InChI=1S/C12H22N2O2/c1-11(2,3)16-10(15)14-8-5-9(14)12(13-4)6-7-12/h9,13H,5-8H2,1-4H3. The highest BCUT2D eigenvalue weighted by molar-refractivity contribution is 5.70. The Hall–Kier alpha value is -0.770. The maximum atomic E-state index is 11.9. The Morgan fingerprint density at radius 3 is 2.38 bits per heavy atom. The quantitative estimate of drug-likeness (QED) is 0.780. The van der Waals surface area contributed by atoms with E-state index in [0.29, 0.717) is 6.04 Å². The maximum absolute atomic E-state index is 11.9. The van der Waals surface area contributed by atoms with Crippen molar-refractivity contribution in [3.05, 3.63) is 0 Å². The zero-order chi connectivity index (χ0) is 12.0. The van der Waals surface area contributed by atoms with E-state index in [4.69, 9.17) is 4.74 Å². The van der Waals surface area contributed by atoms with Gasteiger partial charge in [0.1, 0.15) is 5.60 Å². The van der Waals surface area contributed by atoms with Crippen LogP contribution in [0.15, 0.2) is 0 Å². The lowest BCUT2D eigenvalue weighted by molar-refractivity contribution is -0.0150. The number of ether oxygens (including phenoxy) is 1. The van der Waals surface area contributed by atoms with Crippen LogP contribution in [0.4, 0.5) is 4.79 Å². The van der Waals surface area contributed by atoms with Gasteiger partial charge >= 0.3 is 6.09 Å². The number of nitrogens with zero attached hydrogens (tertiary/aromatic N) is 1. The third-order valence-corrected chi connectivity index (χ3v) is 3.57. The first kappa shape index (κ1) is 11.7. The molecule has 0 aromatic carbocycles. The van der Waals surface area contributed by atoms with Crippen LogP contribution in [0, 0.1) is 0 Å². The van der Waals surface area contributed by atoms with Crippen LogP contribution in [0.1, 0.15) is 40.0 Å². The van der Waals surface area contributed by atoms with Crippen molar-refractivity contribution in [3.63, 3.8) is 0 Å². The summed E-state index contributed by atoms with van der Waals surface area (Å²) in [6.45, 7) is 6.56. The molecule has 4 heteroatoms. The summed E-state index contributed by atoms with van der Waals surface area (Å²) in [6.07, 6.45) is 3.28. The highest BCUT2D eigenvalue weighted by atomic mass is 16.6. The minimum atomic E-state index is -0.395. The molecule has 0 radical (unpaired) electrons. The predicted molar refractivity (Wildman–Crippen MR) is 62.4 cm³/mol. The number of rotatable bonds is 2. The van der Waals surface area contributed by atoms with E-state index in [1.165, 1.54) is 12.8 Å². The molecule has 2 aliphatic rings. The Morgan fingerprint density at radius 1 is 1.44 bits per heavy atom. The average molecular weight is 226 g/mol. The van der Waals surface area contributed by atoms with Gasteiger partial charge < -0.3 is 15.0 Å². The molecule has 1 amide bonds. The van der Waals surface area contributed by atoms with Gasteiger partial charge in [-0.25, -0.2) is 4.79 Å². The molecule has 4 nitrogen and oxygen atoms in total. The molecular weight excluding hydrogens is 204 g/mol. The van der Waals surface area contributed by atoms with Crippen LogP contribution in [0.25, 0.3) is 0 Å². The van der Waals surface area contributed by atoms with Gasteiger partial charge in [0.25, 0.3) is 0 Å². The molecule has 1 N–H and O–H groups in total. The van der Waals surface area contributed by atoms with E-state index in [2.05, 4.69) is 5.32 Å². The van der Waals surface area contributed by atoms with Crippen LogP contribution < -0.4 is 5.32 Å². The first-order valence-electron chi connectivity index (χ1n) is 6.06. The summed E-state index contributed by atoms with van der Waals surface area (Å²) >= 11 is 0. The zero-order valence-electron chi connectivity index (χ0n) is 10.7. The summed E-state index contributed by atoms with van der Waals surface area (Å²) in [5, 5.41) is 3.35. The van der Waals surface area contributed by atoms with Crippen molar-refractivity contribution in [2.75, 3.05) is 13.6 Å². The fourth-order valence-electron chi connectivity index (χ4n) is 2.39. The number of carbonyl (C=O) groups excluding carboxylic acids is 1. The van der Waals surface area contributed by atoms with E-state index in [9.17, 15) is 4.79 Å². The number of hydrogen-bond donors (Lipinski definition) is 1. The lowest BCUT2D eigenvalue weighted by atomic mass is 9.93. The van der Waals surface area contributed by atoms with Crippen molar-refractivity contribution >= 4 is 6.09 Å². The Morgan fingerprint density at radius 2 is 2.06 bits per heavy atom. The largest absolute Gasteiger partial charge is 0.444 e. The van der Waals surface area contributed by atoms with Crippen molar-refractivity contribution in [1.82, 2.24) is 10.2 Å². The van der Waals surface area contributed by atoms with Gasteiger partial charge in [0.05, 0.1) is 6.04 Å². The second kappa shape index (κ2) is 3.62. The predicted octanol–water partition coefficient (Wildman–Crippen LogP) is 1.75. The number of hydrogen-bond acceptors (Lipinski definition) is 3. The third kappa shape index (κ3) is 2.03. The Kier molecular flexibility index (Phi) is 2.65. The fraction of sp³-hybridized carbons (Fsp3) is 0.917. The molecule has 0 aromatic heterocycles. The van der Waals surface area contributed by atoms with E-state index in [-0.39, 0.29) is 11.6 Å². The SMILES string of the molecule is CNC1(C2CCN2C(=O)OC(C)(C)C)CC1. The van der Waals surface area contributed by atoms with Gasteiger partial charge in [-0.1, -0.05) is 0 Å². The van der Waals surface area contributed by atoms with E-state index >= 15 is 0 Å². The third-order valence-electron chi connectivity index (χ3n) is 3.57. The molecule has 1 heterocycles. The molecule has 1 unspecified atom stereocenters. The van der Waals surface area contributed by atoms with Crippen LogP contribution in [-0.2, 0) is 4.74 Å². The number of likely N-dealkylation sites (N-methyl/N-ethyl adjacent to an activating group) is 1. The molecule has 1 aliphatic heterocycles. The summed E-state index contributed by atoms with van der Waals surface area (Å²) < 4.78 is 5.40. The van der Waals surface area contributed by atoms with Gasteiger partial charge in [-0.05, 0) is 47.1 Å². The van der Waals surface area contributed by atoms with Crippen molar-refractivity contribution in [3.8, 4) is 0 Å². The first-order chi connectivity index (χ1) is 7.38. The van der Waals surface area contributed by atoms with Crippen molar-refractivity contribution in [1.29, 1.82) is 0 Å². The zero-order valence-corrected chi connectivity index (χ0v) is 10.7.